The van der Waals surface area contributed by atoms with Gasteiger partial charge in [0.1, 0.15) is 0 Å². The number of nitrogens with zero attached hydrogens (tertiary/aromatic N) is 2. The highest BCUT2D eigenvalue weighted by Gasteiger charge is 2.21. The topological polar surface area (TPSA) is 58.4 Å². The molecule has 1 saturated heterocycles. The Morgan fingerprint density at radius 1 is 1.29 bits per heavy atom. The normalized spacial score (nSPS) is 15.8. The van der Waals surface area contributed by atoms with Crippen molar-refractivity contribution in [2.24, 2.45) is 0 Å². The predicted molar refractivity (Wildman–Crippen MR) is 80.3 cm³/mol. The van der Waals surface area contributed by atoms with Crippen molar-refractivity contribution in [2.75, 3.05) is 26.2 Å². The molecule has 2 heterocycles. The molecule has 1 aromatic carbocycles. The molecule has 110 valence electrons. The van der Waals surface area contributed by atoms with Gasteiger partial charge < -0.3 is 14.7 Å². The number of carbonyl (C=O) groups excluding carboxylic acids is 1. The van der Waals surface area contributed by atoms with E-state index < -0.39 is 0 Å². The van der Waals surface area contributed by atoms with Crippen LogP contribution in [0.3, 0.4) is 0 Å². The Morgan fingerprint density at radius 2 is 2.19 bits per heavy atom. The zero-order valence-electron chi connectivity index (χ0n) is 11.5. The summed E-state index contributed by atoms with van der Waals surface area (Å²) < 4.78 is 5.28. The van der Waals surface area contributed by atoms with Crippen LogP contribution in [0.5, 0.6) is 0 Å². The van der Waals surface area contributed by atoms with Crippen LogP contribution in [0.25, 0.3) is 11.3 Å². The summed E-state index contributed by atoms with van der Waals surface area (Å²) in [6.07, 6.45) is 0.949. The highest BCUT2D eigenvalue weighted by atomic mass is 35.5. The van der Waals surface area contributed by atoms with Crippen LogP contribution >= 0.6 is 11.6 Å². The second-order valence-corrected chi connectivity index (χ2v) is 5.42. The van der Waals surface area contributed by atoms with E-state index in [1.54, 1.807) is 23.1 Å². The lowest BCUT2D eigenvalue weighted by Gasteiger charge is -2.17. The van der Waals surface area contributed by atoms with Gasteiger partial charge in [-0.25, -0.2) is 0 Å². The molecule has 0 atom stereocenters. The van der Waals surface area contributed by atoms with E-state index >= 15 is 0 Å². The first-order valence-electron chi connectivity index (χ1n) is 6.97. The van der Waals surface area contributed by atoms with E-state index in [9.17, 15) is 4.79 Å². The lowest BCUT2D eigenvalue weighted by molar-refractivity contribution is 0.0756. The fourth-order valence-corrected chi connectivity index (χ4v) is 2.55. The third kappa shape index (κ3) is 3.25. The van der Waals surface area contributed by atoms with Gasteiger partial charge in [-0.05, 0) is 25.1 Å². The van der Waals surface area contributed by atoms with Crippen molar-refractivity contribution in [3.05, 3.63) is 41.0 Å². The Hall–Kier alpha value is -1.85. The SMILES string of the molecule is O=C(c1cc(-c2cccc(Cl)c2)on1)N1CCCNCC1. The zero-order chi connectivity index (χ0) is 14.7. The van der Waals surface area contributed by atoms with Gasteiger partial charge in [0.25, 0.3) is 5.91 Å². The molecule has 0 unspecified atom stereocenters. The monoisotopic (exact) mass is 305 g/mol. The fourth-order valence-electron chi connectivity index (χ4n) is 2.36. The van der Waals surface area contributed by atoms with E-state index in [0.29, 0.717) is 23.0 Å². The first-order chi connectivity index (χ1) is 10.2. The van der Waals surface area contributed by atoms with Crippen molar-refractivity contribution in [2.45, 2.75) is 6.42 Å². The molecule has 0 saturated carbocycles. The molecule has 21 heavy (non-hydrogen) atoms. The molecule has 0 radical (unpaired) electrons. The van der Waals surface area contributed by atoms with Crippen LogP contribution in [0, 0.1) is 0 Å². The van der Waals surface area contributed by atoms with Crippen LogP contribution < -0.4 is 5.32 Å². The van der Waals surface area contributed by atoms with Gasteiger partial charge in [0, 0.05) is 36.3 Å². The molecule has 3 rings (SSSR count). The van der Waals surface area contributed by atoms with E-state index in [2.05, 4.69) is 10.5 Å². The third-order valence-corrected chi connectivity index (χ3v) is 3.70. The summed E-state index contributed by atoms with van der Waals surface area (Å²) in [5.41, 5.74) is 1.15. The number of amides is 1. The van der Waals surface area contributed by atoms with Gasteiger partial charge in [-0.15, -0.1) is 0 Å². The number of hydrogen-bond donors (Lipinski definition) is 1. The van der Waals surface area contributed by atoms with Gasteiger partial charge in [0.15, 0.2) is 11.5 Å². The third-order valence-electron chi connectivity index (χ3n) is 3.47. The summed E-state index contributed by atoms with van der Waals surface area (Å²) in [7, 11) is 0. The fraction of sp³-hybridized carbons (Fsp3) is 0.333. The number of aromatic nitrogens is 1. The second kappa shape index (κ2) is 6.28. The van der Waals surface area contributed by atoms with Gasteiger partial charge in [0.2, 0.25) is 0 Å². The maximum Gasteiger partial charge on any atom is 0.276 e. The number of halogens is 1. The number of carbonyl (C=O) groups is 1. The lowest BCUT2D eigenvalue weighted by atomic mass is 10.1. The Morgan fingerprint density at radius 3 is 3.05 bits per heavy atom. The zero-order valence-corrected chi connectivity index (χ0v) is 12.3. The molecule has 0 bridgehead atoms. The van der Waals surface area contributed by atoms with Crippen molar-refractivity contribution in [3.8, 4) is 11.3 Å². The molecule has 6 heteroatoms. The average molecular weight is 306 g/mol. The Bertz CT molecular complexity index is 633. The average Bonchev–Trinajstić information content (AvgIpc) is 2.82. The highest BCUT2D eigenvalue weighted by molar-refractivity contribution is 6.30. The molecule has 1 N–H and O–H groups in total. The molecule has 1 fully saturated rings. The summed E-state index contributed by atoms with van der Waals surface area (Å²) in [6, 6.07) is 8.95. The summed E-state index contributed by atoms with van der Waals surface area (Å²) in [5, 5.41) is 7.79. The summed E-state index contributed by atoms with van der Waals surface area (Å²) in [6.45, 7) is 3.19. The summed E-state index contributed by atoms with van der Waals surface area (Å²) >= 11 is 5.96. The van der Waals surface area contributed by atoms with Crippen LogP contribution in [0.4, 0.5) is 0 Å². The standard InChI is InChI=1S/C15H16ClN3O2/c16-12-4-1-3-11(9-12)14-10-13(18-21-14)15(20)19-7-2-5-17-6-8-19/h1,3-4,9-10,17H,2,5-8H2. The summed E-state index contributed by atoms with van der Waals surface area (Å²) in [5.74, 6) is 0.463. The maximum absolute atomic E-state index is 12.4. The smallest absolute Gasteiger partial charge is 0.276 e. The summed E-state index contributed by atoms with van der Waals surface area (Å²) in [4.78, 5) is 14.2. The lowest BCUT2D eigenvalue weighted by Crippen LogP contribution is -2.34. The van der Waals surface area contributed by atoms with E-state index in [1.165, 1.54) is 0 Å². The Labute approximate surface area is 127 Å². The first kappa shape index (κ1) is 14.1. The first-order valence-corrected chi connectivity index (χ1v) is 7.34. The number of nitrogens with one attached hydrogen (secondary N) is 1. The molecular formula is C15H16ClN3O2. The number of hydrogen-bond acceptors (Lipinski definition) is 4. The van der Waals surface area contributed by atoms with Gasteiger partial charge >= 0.3 is 0 Å². The van der Waals surface area contributed by atoms with Gasteiger partial charge in [-0.1, -0.05) is 28.9 Å². The molecule has 1 aliphatic rings. The molecule has 1 aromatic heterocycles. The van der Waals surface area contributed by atoms with Gasteiger partial charge in [-0.2, -0.15) is 0 Å². The molecule has 1 amide bonds. The minimum absolute atomic E-state index is 0.0873. The van der Waals surface area contributed by atoms with Gasteiger partial charge in [-0.3, -0.25) is 4.79 Å². The Balaban J connectivity index is 1.79. The largest absolute Gasteiger partial charge is 0.355 e. The van der Waals surface area contributed by atoms with Crippen LogP contribution in [0.15, 0.2) is 34.9 Å². The van der Waals surface area contributed by atoms with Crippen molar-refractivity contribution >= 4 is 17.5 Å². The van der Waals surface area contributed by atoms with Gasteiger partial charge in [0.05, 0.1) is 0 Å². The van der Waals surface area contributed by atoms with Crippen molar-refractivity contribution < 1.29 is 9.32 Å². The van der Waals surface area contributed by atoms with Crippen LogP contribution in [-0.2, 0) is 0 Å². The molecule has 0 aliphatic carbocycles. The molecular weight excluding hydrogens is 290 g/mol. The van der Waals surface area contributed by atoms with E-state index in [4.69, 9.17) is 16.1 Å². The minimum atomic E-state index is -0.0873. The molecule has 0 spiro atoms. The van der Waals surface area contributed by atoms with Crippen molar-refractivity contribution in [3.63, 3.8) is 0 Å². The van der Waals surface area contributed by atoms with Crippen LogP contribution in [0.2, 0.25) is 5.02 Å². The minimum Gasteiger partial charge on any atom is -0.355 e. The van der Waals surface area contributed by atoms with E-state index in [1.807, 2.05) is 12.1 Å². The second-order valence-electron chi connectivity index (χ2n) is 4.98. The molecule has 1 aliphatic heterocycles. The van der Waals surface area contributed by atoms with Crippen LogP contribution in [-0.4, -0.2) is 42.1 Å². The maximum atomic E-state index is 12.4. The molecule has 2 aromatic rings. The Kier molecular flexibility index (Phi) is 4.22. The number of benzene rings is 1. The van der Waals surface area contributed by atoms with E-state index in [0.717, 1.165) is 31.6 Å². The van der Waals surface area contributed by atoms with Crippen molar-refractivity contribution in [1.82, 2.24) is 15.4 Å². The predicted octanol–water partition coefficient (Wildman–Crippen LogP) is 2.43. The highest BCUT2D eigenvalue weighted by Crippen LogP contribution is 2.23. The molecule has 5 nitrogen and oxygen atoms in total. The number of rotatable bonds is 2. The van der Waals surface area contributed by atoms with Crippen molar-refractivity contribution in [1.29, 1.82) is 0 Å². The van der Waals surface area contributed by atoms with Crippen LogP contribution in [0.1, 0.15) is 16.9 Å². The van der Waals surface area contributed by atoms with E-state index in [-0.39, 0.29) is 5.91 Å². The quantitative estimate of drug-likeness (QED) is 0.926.